The number of benzene rings is 2. The molecular formula is C19H19NO4. The third-order valence-corrected chi connectivity index (χ3v) is 4.55. The summed E-state index contributed by atoms with van der Waals surface area (Å²) in [7, 11) is 0. The van der Waals surface area contributed by atoms with Gasteiger partial charge in [0.25, 0.3) is 5.91 Å². The Labute approximate surface area is 140 Å². The molecule has 124 valence electrons. The van der Waals surface area contributed by atoms with Crippen molar-refractivity contribution in [3.63, 3.8) is 0 Å². The molecule has 5 nitrogen and oxygen atoms in total. The standard InChI is InChI=1S/C19H19NO4/c21-18(17-11-23-15-7-3-4-8-16(15)24-17)20-12-19(22)9-13-5-1-2-6-14(13)10-19/h1-8,17,22H,9-12H2,(H,20,21)/t17-/m1/s1. The lowest BCUT2D eigenvalue weighted by molar-refractivity contribution is -0.131. The molecule has 2 aliphatic rings. The molecule has 0 aromatic heterocycles. The minimum atomic E-state index is -0.938. The van der Waals surface area contributed by atoms with Gasteiger partial charge in [-0.3, -0.25) is 4.79 Å². The molecule has 0 saturated heterocycles. The molecule has 1 heterocycles. The number of carbonyl (C=O) groups is 1. The summed E-state index contributed by atoms with van der Waals surface area (Å²) in [5, 5.41) is 13.5. The van der Waals surface area contributed by atoms with Gasteiger partial charge in [0.05, 0.1) is 5.60 Å². The van der Waals surface area contributed by atoms with Crippen molar-refractivity contribution in [2.75, 3.05) is 13.2 Å². The normalized spacial score (nSPS) is 20.3. The number of hydrogen-bond donors (Lipinski definition) is 2. The molecule has 1 aliphatic heterocycles. The molecule has 4 rings (SSSR count). The van der Waals surface area contributed by atoms with Gasteiger partial charge in [-0.2, -0.15) is 0 Å². The van der Waals surface area contributed by atoms with E-state index in [0.717, 1.165) is 11.1 Å². The lowest BCUT2D eigenvalue weighted by Crippen LogP contribution is -2.50. The zero-order valence-corrected chi connectivity index (χ0v) is 13.2. The van der Waals surface area contributed by atoms with Crippen LogP contribution in [0.25, 0.3) is 0 Å². The van der Waals surface area contributed by atoms with E-state index >= 15 is 0 Å². The number of fused-ring (bicyclic) bond motifs is 2. The van der Waals surface area contributed by atoms with Gasteiger partial charge in [-0.1, -0.05) is 36.4 Å². The number of ether oxygens (including phenoxy) is 2. The quantitative estimate of drug-likeness (QED) is 0.897. The average molecular weight is 325 g/mol. The van der Waals surface area contributed by atoms with Gasteiger partial charge in [0.2, 0.25) is 6.10 Å². The first-order chi connectivity index (χ1) is 11.6. The Bertz CT molecular complexity index is 748. The maximum Gasteiger partial charge on any atom is 0.264 e. The second kappa shape index (κ2) is 5.83. The van der Waals surface area contributed by atoms with Crippen molar-refractivity contribution in [3.8, 4) is 11.5 Å². The predicted molar refractivity (Wildman–Crippen MR) is 88.2 cm³/mol. The molecule has 0 saturated carbocycles. The predicted octanol–water partition coefficient (Wildman–Crippen LogP) is 1.47. The van der Waals surface area contributed by atoms with Crippen LogP contribution in [0.4, 0.5) is 0 Å². The van der Waals surface area contributed by atoms with Crippen LogP contribution in [-0.4, -0.2) is 35.9 Å². The summed E-state index contributed by atoms with van der Waals surface area (Å²) >= 11 is 0. The first kappa shape index (κ1) is 15.0. The van der Waals surface area contributed by atoms with Crippen molar-refractivity contribution >= 4 is 5.91 Å². The Kier molecular flexibility index (Phi) is 3.65. The zero-order valence-electron chi connectivity index (χ0n) is 13.2. The zero-order chi connectivity index (χ0) is 16.6. The fraction of sp³-hybridized carbons (Fsp3) is 0.316. The highest BCUT2D eigenvalue weighted by atomic mass is 16.6. The van der Waals surface area contributed by atoms with Crippen LogP contribution < -0.4 is 14.8 Å². The minimum Gasteiger partial charge on any atom is -0.485 e. The number of carbonyl (C=O) groups excluding carboxylic acids is 1. The molecule has 0 unspecified atom stereocenters. The summed E-state index contributed by atoms with van der Waals surface area (Å²) in [6.07, 6.45) is 0.398. The van der Waals surface area contributed by atoms with Gasteiger partial charge in [-0.05, 0) is 23.3 Å². The largest absolute Gasteiger partial charge is 0.485 e. The van der Waals surface area contributed by atoms with E-state index in [1.807, 2.05) is 42.5 Å². The van der Waals surface area contributed by atoms with E-state index in [4.69, 9.17) is 9.47 Å². The van der Waals surface area contributed by atoms with Crippen molar-refractivity contribution in [2.45, 2.75) is 24.5 Å². The van der Waals surface area contributed by atoms with Crippen LogP contribution in [0.15, 0.2) is 48.5 Å². The number of hydrogen-bond acceptors (Lipinski definition) is 4. The van der Waals surface area contributed by atoms with Gasteiger partial charge in [0, 0.05) is 19.4 Å². The number of para-hydroxylation sites is 2. The van der Waals surface area contributed by atoms with Crippen LogP contribution in [0, 0.1) is 0 Å². The highest BCUT2D eigenvalue weighted by molar-refractivity contribution is 5.81. The third kappa shape index (κ3) is 2.83. The van der Waals surface area contributed by atoms with E-state index < -0.39 is 11.7 Å². The van der Waals surface area contributed by atoms with Crippen LogP contribution in [0.3, 0.4) is 0 Å². The number of aliphatic hydroxyl groups is 1. The molecule has 2 N–H and O–H groups in total. The van der Waals surface area contributed by atoms with E-state index in [1.54, 1.807) is 6.07 Å². The Balaban J connectivity index is 1.36. The summed E-state index contributed by atoms with van der Waals surface area (Å²) in [6.45, 7) is 0.365. The van der Waals surface area contributed by atoms with E-state index in [1.165, 1.54) is 0 Å². The van der Waals surface area contributed by atoms with Crippen LogP contribution in [0.5, 0.6) is 11.5 Å². The van der Waals surface area contributed by atoms with Crippen LogP contribution in [-0.2, 0) is 17.6 Å². The molecule has 0 spiro atoms. The molecule has 5 heteroatoms. The van der Waals surface area contributed by atoms with Crippen molar-refractivity contribution in [2.24, 2.45) is 0 Å². The maximum absolute atomic E-state index is 12.4. The molecule has 24 heavy (non-hydrogen) atoms. The molecule has 0 fully saturated rings. The highest BCUT2D eigenvalue weighted by Crippen LogP contribution is 2.31. The molecule has 0 bridgehead atoms. The average Bonchev–Trinajstić information content (AvgIpc) is 2.96. The molecule has 1 atom stereocenters. The Hall–Kier alpha value is -2.53. The Morgan fingerprint density at radius 3 is 2.42 bits per heavy atom. The van der Waals surface area contributed by atoms with E-state index in [-0.39, 0.29) is 19.1 Å². The number of nitrogens with one attached hydrogen (secondary N) is 1. The SMILES string of the molecule is O=C(NCC1(O)Cc2ccccc2C1)[C@H]1COc2ccccc2O1. The molecule has 2 aromatic rings. The van der Waals surface area contributed by atoms with Crippen molar-refractivity contribution in [1.82, 2.24) is 5.32 Å². The van der Waals surface area contributed by atoms with Crippen LogP contribution in [0.1, 0.15) is 11.1 Å². The first-order valence-corrected chi connectivity index (χ1v) is 8.08. The molecule has 1 aliphatic carbocycles. The van der Waals surface area contributed by atoms with Gasteiger partial charge >= 0.3 is 0 Å². The van der Waals surface area contributed by atoms with Gasteiger partial charge in [0.1, 0.15) is 6.61 Å². The Morgan fingerprint density at radius 1 is 1.08 bits per heavy atom. The molecule has 1 amide bonds. The number of amides is 1. The number of rotatable bonds is 3. The monoisotopic (exact) mass is 325 g/mol. The summed E-state index contributed by atoms with van der Waals surface area (Å²) in [4.78, 5) is 12.4. The summed E-state index contributed by atoms with van der Waals surface area (Å²) < 4.78 is 11.2. The second-order valence-corrected chi connectivity index (χ2v) is 6.43. The second-order valence-electron chi connectivity index (χ2n) is 6.43. The van der Waals surface area contributed by atoms with Gasteiger partial charge in [-0.25, -0.2) is 0 Å². The van der Waals surface area contributed by atoms with Crippen molar-refractivity contribution in [1.29, 1.82) is 0 Å². The lowest BCUT2D eigenvalue weighted by Gasteiger charge is -2.28. The molecule has 0 radical (unpaired) electrons. The highest BCUT2D eigenvalue weighted by Gasteiger charge is 2.36. The van der Waals surface area contributed by atoms with E-state index in [2.05, 4.69) is 5.32 Å². The fourth-order valence-electron chi connectivity index (χ4n) is 3.31. The van der Waals surface area contributed by atoms with E-state index in [0.29, 0.717) is 24.3 Å². The summed E-state index contributed by atoms with van der Waals surface area (Å²) in [6, 6.07) is 15.2. The lowest BCUT2D eigenvalue weighted by atomic mass is 10.0. The summed E-state index contributed by atoms with van der Waals surface area (Å²) in [5.74, 6) is 0.941. The van der Waals surface area contributed by atoms with Gasteiger partial charge < -0.3 is 19.9 Å². The first-order valence-electron chi connectivity index (χ1n) is 8.08. The molecular weight excluding hydrogens is 306 g/mol. The Morgan fingerprint density at radius 2 is 1.71 bits per heavy atom. The molecule has 2 aromatic carbocycles. The van der Waals surface area contributed by atoms with Gasteiger partial charge in [-0.15, -0.1) is 0 Å². The maximum atomic E-state index is 12.4. The summed E-state index contributed by atoms with van der Waals surface area (Å²) in [5.41, 5.74) is 1.34. The van der Waals surface area contributed by atoms with Crippen LogP contribution >= 0.6 is 0 Å². The minimum absolute atomic E-state index is 0.168. The van der Waals surface area contributed by atoms with Crippen LogP contribution in [0.2, 0.25) is 0 Å². The van der Waals surface area contributed by atoms with Crippen molar-refractivity contribution in [3.05, 3.63) is 59.7 Å². The fourth-order valence-corrected chi connectivity index (χ4v) is 3.31. The third-order valence-electron chi connectivity index (χ3n) is 4.55. The van der Waals surface area contributed by atoms with Crippen molar-refractivity contribution < 1.29 is 19.4 Å². The topological polar surface area (TPSA) is 67.8 Å². The van der Waals surface area contributed by atoms with Gasteiger partial charge in [0.15, 0.2) is 11.5 Å². The van der Waals surface area contributed by atoms with E-state index in [9.17, 15) is 9.90 Å². The smallest absolute Gasteiger partial charge is 0.264 e.